The van der Waals surface area contributed by atoms with Crippen molar-refractivity contribution in [3.63, 3.8) is 0 Å². The molecule has 0 bridgehead atoms. The molecule has 0 spiro atoms. The van der Waals surface area contributed by atoms with Gasteiger partial charge in [-0.15, -0.1) is 0 Å². The Bertz CT molecular complexity index is 1020. The number of carboxylic acids is 1. The smallest absolute Gasteiger partial charge is 0.407 e. The summed E-state index contributed by atoms with van der Waals surface area (Å²) in [6, 6.07) is 13.7. The third-order valence-electron chi connectivity index (χ3n) is 5.64. The van der Waals surface area contributed by atoms with Crippen LogP contribution in [0.15, 0.2) is 48.5 Å². The van der Waals surface area contributed by atoms with Crippen LogP contribution < -0.4 is 10.6 Å². The van der Waals surface area contributed by atoms with Crippen molar-refractivity contribution in [2.24, 2.45) is 0 Å². The van der Waals surface area contributed by atoms with E-state index in [-0.39, 0.29) is 12.5 Å². The van der Waals surface area contributed by atoms with Crippen molar-refractivity contribution in [2.75, 3.05) is 6.61 Å². The average molecular weight is 469 g/mol. The maximum atomic E-state index is 12.6. The molecule has 34 heavy (non-hydrogen) atoms. The number of carboxylic acid groups (broad SMARTS) is 1. The van der Waals surface area contributed by atoms with E-state index in [0.717, 1.165) is 22.3 Å². The molecule has 0 heterocycles. The van der Waals surface area contributed by atoms with Crippen molar-refractivity contribution in [1.29, 1.82) is 0 Å². The lowest BCUT2D eigenvalue weighted by molar-refractivity contribution is -0.150. The van der Waals surface area contributed by atoms with Crippen LogP contribution in [0.1, 0.15) is 51.7 Å². The first-order chi connectivity index (χ1) is 16.0. The molecule has 8 heteroatoms. The molecule has 2 amide bonds. The molecule has 1 aliphatic carbocycles. The van der Waals surface area contributed by atoms with Crippen LogP contribution in [-0.4, -0.2) is 53.5 Å². The van der Waals surface area contributed by atoms with Gasteiger partial charge in [0.05, 0.1) is 11.7 Å². The number of aliphatic carboxylic acids is 1. The van der Waals surface area contributed by atoms with Crippen LogP contribution in [0.3, 0.4) is 0 Å². The third-order valence-corrected chi connectivity index (χ3v) is 5.64. The van der Waals surface area contributed by atoms with E-state index in [9.17, 15) is 19.5 Å². The second kappa shape index (κ2) is 10.3. The largest absolute Gasteiger partial charge is 0.480 e. The normalized spacial score (nSPS) is 15.4. The Morgan fingerprint density at radius 3 is 1.97 bits per heavy atom. The summed E-state index contributed by atoms with van der Waals surface area (Å²) in [4.78, 5) is 36.6. The van der Waals surface area contributed by atoms with Crippen LogP contribution in [0, 0.1) is 0 Å². The molecule has 2 aromatic rings. The standard InChI is InChI=1S/C26H32N2O6/c1-15(23(29)28-22(24(30)31)16(2)34-26(3,4)5)27-25(32)33-14-21-19-12-8-6-10-17(19)18-11-7-9-13-20(18)21/h6-13,15-16,21-22H,14H2,1-5H3,(H,27,32)(H,28,29)(H,30,31)/t15-,16-,22+/m1/s1. The van der Waals surface area contributed by atoms with Gasteiger partial charge < -0.3 is 25.2 Å². The summed E-state index contributed by atoms with van der Waals surface area (Å²) in [7, 11) is 0. The molecule has 0 unspecified atom stereocenters. The minimum atomic E-state index is -1.27. The number of nitrogens with one attached hydrogen (secondary N) is 2. The lowest BCUT2D eigenvalue weighted by Crippen LogP contribution is -2.55. The lowest BCUT2D eigenvalue weighted by Gasteiger charge is -2.29. The molecule has 0 aliphatic heterocycles. The maximum Gasteiger partial charge on any atom is 0.407 e. The van der Waals surface area contributed by atoms with Gasteiger partial charge in [0.25, 0.3) is 0 Å². The Labute approximate surface area is 199 Å². The zero-order valence-electron chi connectivity index (χ0n) is 20.1. The van der Waals surface area contributed by atoms with E-state index in [1.54, 1.807) is 27.7 Å². The van der Waals surface area contributed by atoms with Crippen molar-refractivity contribution in [2.45, 2.75) is 64.3 Å². The van der Waals surface area contributed by atoms with Crippen LogP contribution in [-0.2, 0) is 19.1 Å². The number of ether oxygens (including phenoxy) is 2. The second-order valence-electron chi connectivity index (χ2n) is 9.45. The highest BCUT2D eigenvalue weighted by atomic mass is 16.5. The van der Waals surface area contributed by atoms with Crippen LogP contribution in [0.2, 0.25) is 0 Å². The number of benzene rings is 2. The van der Waals surface area contributed by atoms with E-state index in [2.05, 4.69) is 10.6 Å². The predicted octanol–water partition coefficient (Wildman–Crippen LogP) is 3.69. The number of carbonyl (C=O) groups excluding carboxylic acids is 2. The molecule has 3 atom stereocenters. The zero-order chi connectivity index (χ0) is 25.0. The Morgan fingerprint density at radius 2 is 1.47 bits per heavy atom. The number of fused-ring (bicyclic) bond motifs is 3. The van der Waals surface area contributed by atoms with E-state index in [4.69, 9.17) is 9.47 Å². The Kier molecular flexibility index (Phi) is 7.61. The molecule has 0 radical (unpaired) electrons. The highest BCUT2D eigenvalue weighted by molar-refractivity contribution is 5.89. The van der Waals surface area contributed by atoms with Gasteiger partial charge >= 0.3 is 12.1 Å². The predicted molar refractivity (Wildman–Crippen MR) is 128 cm³/mol. The molecule has 3 N–H and O–H groups in total. The van der Waals surface area contributed by atoms with E-state index in [1.807, 2.05) is 48.5 Å². The lowest BCUT2D eigenvalue weighted by atomic mass is 9.98. The number of hydrogen-bond acceptors (Lipinski definition) is 5. The molecular weight excluding hydrogens is 436 g/mol. The molecule has 0 aromatic heterocycles. The van der Waals surface area contributed by atoms with Crippen LogP contribution >= 0.6 is 0 Å². The number of alkyl carbamates (subject to hydrolysis) is 1. The average Bonchev–Trinajstić information content (AvgIpc) is 3.08. The first-order valence-corrected chi connectivity index (χ1v) is 11.3. The fraction of sp³-hybridized carbons (Fsp3) is 0.423. The molecule has 1 aliphatic rings. The summed E-state index contributed by atoms with van der Waals surface area (Å²) >= 11 is 0. The summed E-state index contributed by atoms with van der Waals surface area (Å²) in [5.74, 6) is -1.97. The van der Waals surface area contributed by atoms with E-state index >= 15 is 0 Å². The fourth-order valence-corrected chi connectivity index (χ4v) is 4.17. The van der Waals surface area contributed by atoms with Crippen molar-refractivity contribution < 1.29 is 29.0 Å². The monoisotopic (exact) mass is 468 g/mol. The minimum absolute atomic E-state index is 0.103. The Balaban J connectivity index is 1.58. The number of carbonyl (C=O) groups is 3. The molecule has 182 valence electrons. The molecule has 0 saturated carbocycles. The topological polar surface area (TPSA) is 114 Å². The first kappa shape index (κ1) is 25.2. The minimum Gasteiger partial charge on any atom is -0.480 e. The van der Waals surface area contributed by atoms with Crippen molar-refractivity contribution in [1.82, 2.24) is 10.6 Å². The fourth-order valence-electron chi connectivity index (χ4n) is 4.17. The molecule has 3 rings (SSSR count). The van der Waals surface area contributed by atoms with Crippen molar-refractivity contribution in [3.05, 3.63) is 59.7 Å². The number of hydrogen-bond donors (Lipinski definition) is 3. The summed E-state index contributed by atoms with van der Waals surface area (Å²) in [5, 5.41) is 14.4. The Hall–Kier alpha value is -3.39. The summed E-state index contributed by atoms with van der Waals surface area (Å²) in [6.45, 7) is 8.55. The molecular formula is C26H32N2O6. The van der Waals surface area contributed by atoms with Gasteiger partial charge in [-0.3, -0.25) is 4.79 Å². The SMILES string of the molecule is C[C@@H](NC(=O)OCC1c2ccccc2-c2ccccc21)C(=O)N[C@H](C(=O)O)[C@@H](C)OC(C)(C)C. The van der Waals surface area contributed by atoms with Gasteiger partial charge in [-0.25, -0.2) is 9.59 Å². The third kappa shape index (κ3) is 5.94. The van der Waals surface area contributed by atoms with Crippen molar-refractivity contribution >= 4 is 18.0 Å². The van der Waals surface area contributed by atoms with Gasteiger partial charge in [0.15, 0.2) is 6.04 Å². The van der Waals surface area contributed by atoms with Gasteiger partial charge in [0, 0.05) is 5.92 Å². The highest BCUT2D eigenvalue weighted by Gasteiger charge is 2.33. The van der Waals surface area contributed by atoms with Crippen LogP contribution in [0.5, 0.6) is 0 Å². The van der Waals surface area contributed by atoms with Gasteiger partial charge in [0.2, 0.25) is 5.91 Å². The van der Waals surface area contributed by atoms with E-state index in [0.29, 0.717) is 0 Å². The van der Waals surface area contributed by atoms with E-state index < -0.39 is 41.8 Å². The van der Waals surface area contributed by atoms with Crippen LogP contribution in [0.25, 0.3) is 11.1 Å². The van der Waals surface area contributed by atoms with Crippen molar-refractivity contribution in [3.8, 4) is 11.1 Å². The van der Waals surface area contributed by atoms with E-state index in [1.165, 1.54) is 6.92 Å². The first-order valence-electron chi connectivity index (χ1n) is 11.3. The van der Waals surface area contributed by atoms with Crippen LogP contribution in [0.4, 0.5) is 4.79 Å². The molecule has 2 aromatic carbocycles. The Morgan fingerprint density at radius 1 is 0.941 bits per heavy atom. The van der Waals surface area contributed by atoms with Gasteiger partial charge in [-0.2, -0.15) is 0 Å². The quantitative estimate of drug-likeness (QED) is 0.545. The second-order valence-corrected chi connectivity index (χ2v) is 9.45. The maximum absolute atomic E-state index is 12.6. The zero-order valence-corrected chi connectivity index (χ0v) is 20.1. The van der Waals surface area contributed by atoms with Gasteiger partial charge in [-0.05, 0) is 56.9 Å². The number of rotatable bonds is 8. The summed E-state index contributed by atoms with van der Waals surface area (Å²) in [5.41, 5.74) is 3.82. The summed E-state index contributed by atoms with van der Waals surface area (Å²) in [6.07, 6.45) is -1.53. The summed E-state index contributed by atoms with van der Waals surface area (Å²) < 4.78 is 11.1. The molecule has 0 fully saturated rings. The number of amides is 2. The molecule has 8 nitrogen and oxygen atoms in total. The highest BCUT2D eigenvalue weighted by Crippen LogP contribution is 2.44. The molecule has 0 saturated heterocycles. The van der Waals surface area contributed by atoms with Gasteiger partial charge in [0.1, 0.15) is 12.6 Å². The van der Waals surface area contributed by atoms with Gasteiger partial charge in [-0.1, -0.05) is 48.5 Å².